The number of benzene rings is 1. The first-order valence-corrected chi connectivity index (χ1v) is 14.3. The number of nitrogens with zero attached hydrogens (tertiary/aromatic N) is 5. The number of thiazole rings is 1. The Hall–Kier alpha value is -3.79. The Morgan fingerprint density at radius 2 is 1.97 bits per heavy atom. The van der Waals surface area contributed by atoms with E-state index in [0.29, 0.717) is 53.7 Å². The number of rotatable bonds is 7. The minimum absolute atomic E-state index is 0.0526. The van der Waals surface area contributed by atoms with Crippen LogP contribution in [0.3, 0.4) is 0 Å². The first-order chi connectivity index (χ1) is 18.8. The molecule has 1 amide bonds. The second-order valence-electron chi connectivity index (χ2n) is 9.90. The van der Waals surface area contributed by atoms with Crippen molar-refractivity contribution in [2.45, 2.75) is 53.4 Å². The number of aromatic nitrogens is 4. The molecule has 4 heterocycles. The number of para-hydroxylation sites is 1. The van der Waals surface area contributed by atoms with Gasteiger partial charge in [0.15, 0.2) is 4.96 Å². The molecule has 1 unspecified atom stereocenters. The van der Waals surface area contributed by atoms with Gasteiger partial charge in [0.25, 0.3) is 5.56 Å². The van der Waals surface area contributed by atoms with E-state index in [-0.39, 0.29) is 29.8 Å². The van der Waals surface area contributed by atoms with Gasteiger partial charge in [0, 0.05) is 29.9 Å². The van der Waals surface area contributed by atoms with Crippen molar-refractivity contribution in [2.24, 2.45) is 5.92 Å². The van der Waals surface area contributed by atoms with Crippen LogP contribution in [0, 0.1) is 19.8 Å². The van der Waals surface area contributed by atoms with Gasteiger partial charge in [-0.1, -0.05) is 25.1 Å². The molecule has 0 spiro atoms. The van der Waals surface area contributed by atoms with Gasteiger partial charge in [0.2, 0.25) is 5.91 Å². The highest BCUT2D eigenvalue weighted by Crippen LogP contribution is 2.25. The monoisotopic (exact) mass is 547 g/mol. The van der Waals surface area contributed by atoms with Gasteiger partial charge >= 0.3 is 5.97 Å². The SMILES string of the molecule is CCOC(=O)C1CCCN(C(=O)Cc2csc3nc(C)c(-c4cc(C)n(-c5ccccc5CC)n4)c(=O)n23)C1. The van der Waals surface area contributed by atoms with Crippen LogP contribution in [0.5, 0.6) is 0 Å². The summed E-state index contributed by atoms with van der Waals surface area (Å²) in [6.45, 7) is 8.93. The number of amides is 1. The van der Waals surface area contributed by atoms with Crippen molar-refractivity contribution in [2.75, 3.05) is 19.7 Å². The second-order valence-corrected chi connectivity index (χ2v) is 10.7. The molecule has 0 saturated carbocycles. The van der Waals surface area contributed by atoms with Crippen molar-refractivity contribution < 1.29 is 14.3 Å². The first kappa shape index (κ1) is 26.8. The molecule has 1 fully saturated rings. The number of likely N-dealkylation sites (tertiary alicyclic amines) is 1. The summed E-state index contributed by atoms with van der Waals surface area (Å²) in [7, 11) is 0. The molecule has 9 nitrogen and oxygen atoms in total. The van der Waals surface area contributed by atoms with E-state index < -0.39 is 0 Å². The van der Waals surface area contributed by atoms with Gasteiger partial charge in [-0.25, -0.2) is 9.67 Å². The van der Waals surface area contributed by atoms with E-state index in [9.17, 15) is 14.4 Å². The standard InChI is InChI=1S/C29H33N5O4S/c1-5-20-10-7-8-12-24(20)34-18(3)14-23(31-34)26-19(4)30-29-33(27(26)36)22(17-39-29)15-25(35)32-13-9-11-21(16-32)28(37)38-6-2/h7-8,10,12,14,17,21H,5-6,9,11,13,15-16H2,1-4H3. The average molecular weight is 548 g/mol. The molecule has 0 aliphatic carbocycles. The summed E-state index contributed by atoms with van der Waals surface area (Å²) in [5.41, 5.74) is 5.00. The number of piperidine rings is 1. The minimum atomic E-state index is -0.309. The van der Waals surface area contributed by atoms with E-state index in [4.69, 9.17) is 14.8 Å². The zero-order valence-electron chi connectivity index (χ0n) is 22.8. The van der Waals surface area contributed by atoms with Crippen LogP contribution in [0.4, 0.5) is 0 Å². The maximum Gasteiger partial charge on any atom is 0.310 e. The highest BCUT2D eigenvalue weighted by Gasteiger charge is 2.30. The molecular weight excluding hydrogens is 514 g/mol. The summed E-state index contributed by atoms with van der Waals surface area (Å²) in [4.78, 5) is 46.3. The average Bonchev–Trinajstić information content (AvgIpc) is 3.51. The topological polar surface area (TPSA) is 98.8 Å². The van der Waals surface area contributed by atoms with Crippen LogP contribution >= 0.6 is 11.3 Å². The predicted molar refractivity (Wildman–Crippen MR) is 150 cm³/mol. The van der Waals surface area contributed by atoms with Crippen LogP contribution in [0.25, 0.3) is 21.9 Å². The molecule has 0 bridgehead atoms. The summed E-state index contributed by atoms with van der Waals surface area (Å²) >= 11 is 1.34. The Morgan fingerprint density at radius 1 is 1.18 bits per heavy atom. The molecule has 3 aromatic heterocycles. The molecule has 1 atom stereocenters. The molecule has 0 N–H and O–H groups in total. The summed E-state index contributed by atoms with van der Waals surface area (Å²) in [5.74, 6) is -0.682. The summed E-state index contributed by atoms with van der Waals surface area (Å²) in [6, 6.07) is 10.0. The first-order valence-electron chi connectivity index (χ1n) is 13.4. The van der Waals surface area contributed by atoms with E-state index >= 15 is 0 Å². The van der Waals surface area contributed by atoms with Gasteiger partial charge in [-0.2, -0.15) is 5.10 Å². The molecule has 4 aromatic rings. The minimum Gasteiger partial charge on any atom is -0.466 e. The molecule has 1 aliphatic heterocycles. The van der Waals surface area contributed by atoms with Crippen molar-refractivity contribution in [1.29, 1.82) is 0 Å². The third-order valence-electron chi connectivity index (χ3n) is 7.29. The fraction of sp³-hybridized carbons (Fsp3) is 0.414. The van der Waals surface area contributed by atoms with Crippen LogP contribution in [-0.4, -0.2) is 55.6 Å². The van der Waals surface area contributed by atoms with Crippen LogP contribution in [0.2, 0.25) is 0 Å². The molecule has 10 heteroatoms. The number of carbonyl (C=O) groups excluding carboxylic acids is 2. The Morgan fingerprint density at radius 3 is 2.74 bits per heavy atom. The van der Waals surface area contributed by atoms with E-state index in [1.54, 1.807) is 11.8 Å². The molecule has 0 radical (unpaired) electrons. The van der Waals surface area contributed by atoms with Crippen molar-refractivity contribution in [3.05, 3.63) is 68.7 Å². The molecule has 1 aromatic carbocycles. The highest BCUT2D eigenvalue weighted by atomic mass is 32.1. The molecule has 204 valence electrons. The maximum absolute atomic E-state index is 13.9. The van der Waals surface area contributed by atoms with Gasteiger partial charge in [-0.05, 0) is 57.7 Å². The van der Waals surface area contributed by atoms with E-state index in [1.807, 2.05) is 48.2 Å². The van der Waals surface area contributed by atoms with Crippen molar-refractivity contribution in [1.82, 2.24) is 24.1 Å². The van der Waals surface area contributed by atoms with Gasteiger partial charge in [-0.3, -0.25) is 18.8 Å². The normalized spacial score (nSPS) is 15.6. The fourth-order valence-corrected chi connectivity index (χ4v) is 6.23. The lowest BCUT2D eigenvalue weighted by Gasteiger charge is -2.31. The van der Waals surface area contributed by atoms with Crippen LogP contribution in [0.1, 0.15) is 49.3 Å². The zero-order valence-corrected chi connectivity index (χ0v) is 23.6. The Balaban J connectivity index is 1.47. The molecule has 5 rings (SSSR count). The van der Waals surface area contributed by atoms with E-state index in [0.717, 1.165) is 24.2 Å². The third-order valence-corrected chi connectivity index (χ3v) is 8.17. The number of hydrogen-bond donors (Lipinski definition) is 0. The van der Waals surface area contributed by atoms with Crippen LogP contribution in [-0.2, 0) is 27.2 Å². The van der Waals surface area contributed by atoms with Crippen molar-refractivity contribution in [3.63, 3.8) is 0 Å². The summed E-state index contributed by atoms with van der Waals surface area (Å²) in [6.07, 6.45) is 2.37. The fourth-order valence-electron chi connectivity index (χ4n) is 5.30. The van der Waals surface area contributed by atoms with Crippen LogP contribution < -0.4 is 5.56 Å². The largest absolute Gasteiger partial charge is 0.466 e. The predicted octanol–water partition coefficient (Wildman–Crippen LogP) is 4.13. The van der Waals surface area contributed by atoms with Crippen molar-refractivity contribution >= 4 is 28.2 Å². The summed E-state index contributed by atoms with van der Waals surface area (Å²) < 4.78 is 8.57. The zero-order chi connectivity index (χ0) is 27.7. The van der Waals surface area contributed by atoms with E-state index in [1.165, 1.54) is 21.3 Å². The quantitative estimate of drug-likeness (QED) is 0.323. The van der Waals surface area contributed by atoms with Gasteiger partial charge in [0.1, 0.15) is 5.69 Å². The molecule has 1 saturated heterocycles. The number of carbonyl (C=O) groups is 2. The number of hydrogen-bond acceptors (Lipinski definition) is 7. The third kappa shape index (κ3) is 5.13. The number of fused-ring (bicyclic) bond motifs is 1. The number of esters is 1. The Kier molecular flexibility index (Phi) is 7.65. The maximum atomic E-state index is 13.9. The Bertz CT molecular complexity index is 1600. The van der Waals surface area contributed by atoms with Gasteiger partial charge < -0.3 is 9.64 Å². The number of aryl methyl sites for hydroxylation is 3. The van der Waals surface area contributed by atoms with Gasteiger partial charge in [-0.15, -0.1) is 11.3 Å². The molecular formula is C29H33N5O4S. The van der Waals surface area contributed by atoms with Crippen molar-refractivity contribution in [3.8, 4) is 16.9 Å². The van der Waals surface area contributed by atoms with E-state index in [2.05, 4.69) is 13.0 Å². The van der Waals surface area contributed by atoms with Crippen LogP contribution in [0.15, 0.2) is 40.5 Å². The summed E-state index contributed by atoms with van der Waals surface area (Å²) in [5, 5.41) is 6.64. The lowest BCUT2D eigenvalue weighted by Crippen LogP contribution is -2.43. The second kappa shape index (κ2) is 11.1. The smallest absolute Gasteiger partial charge is 0.310 e. The highest BCUT2D eigenvalue weighted by molar-refractivity contribution is 7.15. The van der Waals surface area contributed by atoms with Gasteiger partial charge in [0.05, 0.1) is 35.9 Å². The molecule has 39 heavy (non-hydrogen) atoms. The Labute approximate surface area is 231 Å². The lowest BCUT2D eigenvalue weighted by atomic mass is 9.98. The lowest BCUT2D eigenvalue weighted by molar-refractivity contribution is -0.151. The molecule has 1 aliphatic rings. The number of ether oxygens (including phenoxy) is 1.